The monoisotopic (exact) mass is 561 g/mol. The molecule has 2 saturated carbocycles. The molecule has 0 spiro atoms. The molecule has 2 aliphatic carbocycles. The molecule has 2 aromatic heterocycles. The van der Waals surface area contributed by atoms with Crippen LogP contribution in [0.5, 0.6) is 0 Å². The van der Waals surface area contributed by atoms with Gasteiger partial charge in [-0.25, -0.2) is 28.2 Å². The Hall–Kier alpha value is -2.36. The SMILES string of the molecule is CCCSc1nc(NC2CC2c2ccc(S(N)(=O)=O)cc2)c2nnn(C3CC(O)C4OC(C)(C)OC43)c2n1. The van der Waals surface area contributed by atoms with Crippen LogP contribution in [0.1, 0.15) is 57.6 Å². The second kappa shape index (κ2) is 9.38. The van der Waals surface area contributed by atoms with Crippen molar-refractivity contribution in [2.45, 2.75) is 92.2 Å². The van der Waals surface area contributed by atoms with Gasteiger partial charge in [0.1, 0.15) is 12.2 Å². The summed E-state index contributed by atoms with van der Waals surface area (Å²) < 4.78 is 37.0. The number of primary sulfonamides is 1. The highest BCUT2D eigenvalue weighted by Crippen LogP contribution is 2.46. The van der Waals surface area contributed by atoms with Crippen molar-refractivity contribution < 1.29 is 23.0 Å². The van der Waals surface area contributed by atoms with Gasteiger partial charge in [-0.2, -0.15) is 0 Å². The van der Waals surface area contributed by atoms with Crippen LogP contribution in [-0.4, -0.2) is 74.4 Å². The van der Waals surface area contributed by atoms with Crippen LogP contribution < -0.4 is 10.5 Å². The van der Waals surface area contributed by atoms with E-state index < -0.39 is 28.0 Å². The molecule has 12 nitrogen and oxygen atoms in total. The highest BCUT2D eigenvalue weighted by atomic mass is 32.2. The number of ether oxygens (including phenoxy) is 2. The number of aliphatic hydroxyl groups is 1. The molecule has 204 valence electrons. The van der Waals surface area contributed by atoms with E-state index in [9.17, 15) is 13.5 Å². The number of nitrogens with one attached hydrogen (secondary N) is 1. The van der Waals surface area contributed by atoms with Gasteiger partial charge in [0, 0.05) is 24.1 Å². The zero-order chi connectivity index (χ0) is 26.8. The second-order valence-electron chi connectivity index (χ2n) is 10.6. The van der Waals surface area contributed by atoms with Gasteiger partial charge in [0.25, 0.3) is 0 Å². The Bertz CT molecular complexity index is 1460. The van der Waals surface area contributed by atoms with Gasteiger partial charge in [-0.15, -0.1) is 5.10 Å². The fraction of sp³-hybridized carbons (Fsp3) is 0.583. The largest absolute Gasteiger partial charge is 0.390 e. The third-order valence-corrected chi connectivity index (χ3v) is 9.19. The Balaban J connectivity index is 1.29. The zero-order valence-electron chi connectivity index (χ0n) is 21.3. The highest BCUT2D eigenvalue weighted by Gasteiger charge is 2.55. The van der Waals surface area contributed by atoms with E-state index in [1.54, 1.807) is 28.6 Å². The summed E-state index contributed by atoms with van der Waals surface area (Å²) in [5, 5.41) is 28.9. The first kappa shape index (κ1) is 25.9. The highest BCUT2D eigenvalue weighted by molar-refractivity contribution is 7.99. The van der Waals surface area contributed by atoms with Crippen LogP contribution in [0.15, 0.2) is 34.3 Å². The Morgan fingerprint density at radius 1 is 1.18 bits per heavy atom. The first-order chi connectivity index (χ1) is 18.0. The standard InChI is InChI=1S/C24H31N7O5S2/c1-4-9-37-23-27-21(26-15-10-14(15)12-5-7-13(8-6-12)38(25,33)34)18-22(28-23)31(30-29-18)16-11-17(32)20-19(16)35-24(2,3)36-20/h5-8,14-17,19-20,32H,4,9-11H2,1-3H3,(H2,25,33,34)(H,26,27,28). The van der Waals surface area contributed by atoms with Crippen LogP contribution in [0.3, 0.4) is 0 Å². The molecular weight excluding hydrogens is 530 g/mol. The quantitative estimate of drug-likeness (QED) is 0.272. The molecule has 0 amide bonds. The van der Waals surface area contributed by atoms with Gasteiger partial charge in [-0.05, 0) is 44.4 Å². The maximum Gasteiger partial charge on any atom is 0.238 e. The smallest absolute Gasteiger partial charge is 0.238 e. The molecule has 3 aliphatic rings. The van der Waals surface area contributed by atoms with Crippen molar-refractivity contribution in [2.24, 2.45) is 5.14 Å². The van der Waals surface area contributed by atoms with Crippen molar-refractivity contribution >= 4 is 38.8 Å². The first-order valence-electron chi connectivity index (χ1n) is 12.7. The number of hydrogen-bond donors (Lipinski definition) is 3. The predicted molar refractivity (Wildman–Crippen MR) is 140 cm³/mol. The molecule has 6 unspecified atom stereocenters. The van der Waals surface area contributed by atoms with E-state index in [-0.39, 0.29) is 29.0 Å². The number of hydrogen-bond acceptors (Lipinski definition) is 11. The van der Waals surface area contributed by atoms with Gasteiger partial charge in [0.2, 0.25) is 10.0 Å². The summed E-state index contributed by atoms with van der Waals surface area (Å²) in [7, 11) is -3.73. The number of thioether (sulfide) groups is 1. The zero-order valence-corrected chi connectivity index (χ0v) is 22.9. The Kier molecular flexibility index (Phi) is 6.39. The van der Waals surface area contributed by atoms with Crippen LogP contribution in [0.2, 0.25) is 0 Å². The first-order valence-corrected chi connectivity index (χ1v) is 15.3. The minimum absolute atomic E-state index is 0.0948. The summed E-state index contributed by atoms with van der Waals surface area (Å²) in [4.78, 5) is 9.65. The lowest BCUT2D eigenvalue weighted by Gasteiger charge is -2.22. The number of anilines is 1. The van der Waals surface area contributed by atoms with Gasteiger partial charge < -0.3 is 19.9 Å². The van der Waals surface area contributed by atoms with Gasteiger partial charge in [0.05, 0.1) is 17.0 Å². The molecule has 38 heavy (non-hydrogen) atoms. The molecular formula is C24H31N7O5S2. The molecule has 3 fully saturated rings. The van der Waals surface area contributed by atoms with E-state index in [1.807, 2.05) is 13.8 Å². The topological polar surface area (TPSA) is 167 Å². The molecule has 4 N–H and O–H groups in total. The lowest BCUT2D eigenvalue weighted by molar-refractivity contribution is -0.165. The average molecular weight is 562 g/mol. The number of benzene rings is 1. The van der Waals surface area contributed by atoms with E-state index >= 15 is 0 Å². The number of aromatic nitrogens is 5. The molecule has 14 heteroatoms. The lowest BCUT2D eigenvalue weighted by atomic mass is 10.1. The molecule has 6 rings (SSSR count). The minimum Gasteiger partial charge on any atom is -0.390 e. The van der Waals surface area contributed by atoms with E-state index in [0.717, 1.165) is 24.2 Å². The van der Waals surface area contributed by atoms with Crippen molar-refractivity contribution in [2.75, 3.05) is 11.1 Å². The molecule has 3 aromatic rings. The number of nitrogens with two attached hydrogens (primary N) is 1. The van der Waals surface area contributed by atoms with Crippen LogP contribution in [0.25, 0.3) is 11.2 Å². The van der Waals surface area contributed by atoms with Crippen LogP contribution >= 0.6 is 11.8 Å². The van der Waals surface area contributed by atoms with Crippen molar-refractivity contribution in [1.29, 1.82) is 0 Å². The molecule has 0 bridgehead atoms. The van der Waals surface area contributed by atoms with Crippen molar-refractivity contribution in [1.82, 2.24) is 25.0 Å². The molecule has 6 atom stereocenters. The summed E-state index contributed by atoms with van der Waals surface area (Å²) in [6, 6.07) is 6.49. The maximum absolute atomic E-state index is 11.6. The van der Waals surface area contributed by atoms with Crippen LogP contribution in [0, 0.1) is 0 Å². The van der Waals surface area contributed by atoms with Gasteiger partial charge in [-0.1, -0.05) is 36.0 Å². The Morgan fingerprint density at radius 2 is 1.92 bits per heavy atom. The van der Waals surface area contributed by atoms with Gasteiger partial charge >= 0.3 is 0 Å². The maximum atomic E-state index is 11.6. The number of sulfonamides is 1. The Morgan fingerprint density at radius 3 is 2.63 bits per heavy atom. The Labute approximate surface area is 224 Å². The van der Waals surface area contributed by atoms with E-state index in [1.165, 1.54) is 12.1 Å². The summed E-state index contributed by atoms with van der Waals surface area (Å²) in [6.45, 7) is 5.78. The third-order valence-electron chi connectivity index (χ3n) is 7.21. The predicted octanol–water partition coefficient (Wildman–Crippen LogP) is 2.16. The minimum atomic E-state index is -3.73. The fourth-order valence-corrected chi connectivity index (χ4v) is 6.57. The van der Waals surface area contributed by atoms with Gasteiger partial charge in [0.15, 0.2) is 27.9 Å². The summed E-state index contributed by atoms with van der Waals surface area (Å²) in [5.41, 5.74) is 2.16. The second-order valence-corrected chi connectivity index (χ2v) is 13.2. The molecule has 1 saturated heterocycles. The normalized spacial score (nSPS) is 30.0. The summed E-state index contributed by atoms with van der Waals surface area (Å²) >= 11 is 1.57. The number of nitrogens with zero attached hydrogens (tertiary/aromatic N) is 5. The van der Waals surface area contributed by atoms with Crippen molar-refractivity contribution in [3.63, 3.8) is 0 Å². The van der Waals surface area contributed by atoms with E-state index in [4.69, 9.17) is 24.6 Å². The van der Waals surface area contributed by atoms with E-state index in [0.29, 0.717) is 28.6 Å². The molecule has 1 aromatic carbocycles. The summed E-state index contributed by atoms with van der Waals surface area (Å²) in [6.07, 6.45) is 0.793. The van der Waals surface area contributed by atoms with Crippen molar-refractivity contribution in [3.8, 4) is 0 Å². The third kappa shape index (κ3) is 4.77. The van der Waals surface area contributed by atoms with E-state index in [2.05, 4.69) is 22.6 Å². The molecule has 1 aliphatic heterocycles. The van der Waals surface area contributed by atoms with Crippen LogP contribution in [-0.2, 0) is 19.5 Å². The lowest BCUT2D eigenvalue weighted by Crippen LogP contribution is -2.29. The molecule has 0 radical (unpaired) electrons. The number of rotatable bonds is 8. The van der Waals surface area contributed by atoms with Crippen molar-refractivity contribution in [3.05, 3.63) is 29.8 Å². The van der Waals surface area contributed by atoms with Crippen LogP contribution in [0.4, 0.5) is 5.82 Å². The average Bonchev–Trinajstić information content (AvgIpc) is 3.22. The summed E-state index contributed by atoms with van der Waals surface area (Å²) in [5.74, 6) is 0.885. The van der Waals surface area contributed by atoms with Gasteiger partial charge in [-0.3, -0.25) is 0 Å². The molecule has 3 heterocycles. The number of aliphatic hydroxyl groups excluding tert-OH is 1. The fourth-order valence-electron chi connectivity index (χ4n) is 5.36. The number of fused-ring (bicyclic) bond motifs is 2.